The van der Waals surface area contributed by atoms with Gasteiger partial charge in [0.1, 0.15) is 35.1 Å². The van der Waals surface area contributed by atoms with Crippen LogP contribution in [0.1, 0.15) is 26.3 Å². The summed E-state index contributed by atoms with van der Waals surface area (Å²) in [6, 6.07) is 9.67. The summed E-state index contributed by atoms with van der Waals surface area (Å²) in [7, 11) is -1.94. The fourth-order valence-electron chi connectivity index (χ4n) is 4.44. The number of para-hydroxylation sites is 1. The molecule has 14 heteroatoms. The second kappa shape index (κ2) is 12.0. The standard InChI is InChI=1S/C29H32ClFN8O3Si/c1-29(2,3)43(4,5)42-20-14-38(15-20)16-23(27(40)37-24-10-9-19(31)12-33-24)41-28-21-13-36-39(26(21)34-17-35-28)25-18(11-32)7-6-8-22(25)30/h6-10,12-13,17,20,23H,14-16H2,1-5H3,(H,33,37,40). The summed E-state index contributed by atoms with van der Waals surface area (Å²) in [5, 5.41) is 17.6. The summed E-state index contributed by atoms with van der Waals surface area (Å²) in [6.07, 6.45) is 2.87. The lowest BCUT2D eigenvalue weighted by atomic mass is 10.1. The summed E-state index contributed by atoms with van der Waals surface area (Å²) >= 11 is 6.43. The van der Waals surface area contributed by atoms with Crippen LogP contribution < -0.4 is 10.1 Å². The third-order valence-electron chi connectivity index (χ3n) is 7.79. The van der Waals surface area contributed by atoms with Crippen LogP contribution in [0.3, 0.4) is 0 Å². The molecule has 0 spiro atoms. The number of hydrogen-bond acceptors (Lipinski definition) is 9. The number of amides is 1. The van der Waals surface area contributed by atoms with Crippen LogP contribution in [-0.2, 0) is 9.22 Å². The number of likely N-dealkylation sites (tertiary alicyclic amines) is 1. The number of nitrogens with zero attached hydrogens (tertiary/aromatic N) is 7. The van der Waals surface area contributed by atoms with Crippen LogP contribution in [0.4, 0.5) is 10.2 Å². The molecule has 1 atom stereocenters. The molecule has 4 heterocycles. The van der Waals surface area contributed by atoms with Crippen molar-refractivity contribution in [2.75, 3.05) is 25.0 Å². The molecule has 1 saturated heterocycles. The molecule has 224 valence electrons. The van der Waals surface area contributed by atoms with Gasteiger partial charge >= 0.3 is 0 Å². The van der Waals surface area contributed by atoms with Crippen LogP contribution in [0.5, 0.6) is 5.88 Å². The van der Waals surface area contributed by atoms with E-state index in [-0.39, 0.29) is 29.4 Å². The van der Waals surface area contributed by atoms with E-state index in [0.29, 0.717) is 40.4 Å². The first-order valence-electron chi connectivity index (χ1n) is 13.7. The SMILES string of the molecule is CC(C)(C)[Si](C)(C)OC1CN(CC(Oc2ncnc3c2cnn3-c2c(Cl)cccc2C#N)C(=O)Nc2ccc(F)cn2)C1. The molecule has 1 aliphatic heterocycles. The number of rotatable bonds is 9. The first kappa shape index (κ1) is 30.5. The van der Waals surface area contributed by atoms with Crippen molar-refractivity contribution in [2.45, 2.75) is 51.1 Å². The van der Waals surface area contributed by atoms with E-state index in [1.54, 1.807) is 18.2 Å². The van der Waals surface area contributed by atoms with Crippen LogP contribution in [0.15, 0.2) is 49.1 Å². The van der Waals surface area contributed by atoms with Gasteiger partial charge in [0, 0.05) is 19.6 Å². The third kappa shape index (κ3) is 6.52. The van der Waals surface area contributed by atoms with E-state index in [4.69, 9.17) is 20.8 Å². The number of aromatic nitrogens is 5. The molecule has 1 fully saturated rings. The highest BCUT2D eigenvalue weighted by Gasteiger charge is 2.42. The number of nitriles is 1. The van der Waals surface area contributed by atoms with E-state index in [1.807, 2.05) is 0 Å². The molecule has 43 heavy (non-hydrogen) atoms. The number of carbonyl (C=O) groups is 1. The fourth-order valence-corrected chi connectivity index (χ4v) is 6.03. The lowest BCUT2D eigenvalue weighted by Crippen LogP contribution is -2.60. The van der Waals surface area contributed by atoms with E-state index in [2.05, 4.69) is 70.2 Å². The zero-order chi connectivity index (χ0) is 30.9. The molecule has 1 aliphatic rings. The van der Waals surface area contributed by atoms with Gasteiger partial charge in [-0.05, 0) is 42.4 Å². The van der Waals surface area contributed by atoms with E-state index in [0.717, 1.165) is 6.20 Å². The van der Waals surface area contributed by atoms with Crippen molar-refractivity contribution in [2.24, 2.45) is 0 Å². The van der Waals surface area contributed by atoms with Crippen molar-refractivity contribution < 1.29 is 18.3 Å². The largest absolute Gasteiger partial charge is 0.462 e. The lowest BCUT2D eigenvalue weighted by molar-refractivity contribution is -0.125. The van der Waals surface area contributed by atoms with Gasteiger partial charge in [0.15, 0.2) is 20.1 Å². The van der Waals surface area contributed by atoms with Gasteiger partial charge in [-0.1, -0.05) is 38.4 Å². The highest BCUT2D eigenvalue weighted by atomic mass is 35.5. The van der Waals surface area contributed by atoms with Crippen molar-refractivity contribution in [1.82, 2.24) is 29.6 Å². The Morgan fingerprint density at radius 1 is 1.21 bits per heavy atom. The smallest absolute Gasteiger partial charge is 0.268 e. The van der Waals surface area contributed by atoms with Crippen LogP contribution in [0, 0.1) is 17.1 Å². The van der Waals surface area contributed by atoms with Crippen LogP contribution in [0.2, 0.25) is 23.2 Å². The molecular formula is C29H32ClFN8O3Si. The van der Waals surface area contributed by atoms with Crippen molar-refractivity contribution in [3.8, 4) is 17.6 Å². The average molecular weight is 623 g/mol. The minimum Gasteiger partial charge on any atom is -0.462 e. The maximum atomic E-state index is 13.5. The lowest BCUT2D eigenvalue weighted by Gasteiger charge is -2.46. The average Bonchev–Trinajstić information content (AvgIpc) is 3.36. The second-order valence-corrected chi connectivity index (χ2v) is 17.1. The van der Waals surface area contributed by atoms with Crippen LogP contribution in [-0.4, -0.2) is 75.7 Å². The number of pyridine rings is 1. The predicted octanol–water partition coefficient (Wildman–Crippen LogP) is 4.97. The molecule has 0 radical (unpaired) electrons. The molecule has 3 aromatic heterocycles. The Morgan fingerprint density at radius 2 is 1.98 bits per heavy atom. The molecule has 1 unspecified atom stereocenters. The maximum absolute atomic E-state index is 13.5. The fraction of sp³-hybridized carbons (Fsp3) is 0.379. The summed E-state index contributed by atoms with van der Waals surface area (Å²) in [6.45, 7) is 12.6. The molecule has 0 saturated carbocycles. The number of fused-ring (bicyclic) bond motifs is 1. The number of carbonyl (C=O) groups excluding carboxylic acids is 1. The number of halogens is 2. The van der Waals surface area contributed by atoms with Crippen LogP contribution >= 0.6 is 11.6 Å². The van der Waals surface area contributed by atoms with Gasteiger partial charge in [-0.2, -0.15) is 10.4 Å². The quantitative estimate of drug-likeness (QED) is 0.257. The molecule has 4 aromatic rings. The Bertz CT molecular complexity index is 1680. The Kier molecular flexibility index (Phi) is 8.48. The van der Waals surface area contributed by atoms with Crippen molar-refractivity contribution in [3.05, 3.63) is 65.5 Å². The normalized spacial score (nSPS) is 15.1. The van der Waals surface area contributed by atoms with Crippen molar-refractivity contribution >= 4 is 42.7 Å². The van der Waals surface area contributed by atoms with Gasteiger partial charge in [-0.25, -0.2) is 24.0 Å². The van der Waals surface area contributed by atoms with Gasteiger partial charge in [0.05, 0.1) is 29.1 Å². The Balaban J connectivity index is 1.39. The minimum absolute atomic E-state index is 0.0670. The van der Waals surface area contributed by atoms with Crippen molar-refractivity contribution in [3.63, 3.8) is 0 Å². The van der Waals surface area contributed by atoms with E-state index < -0.39 is 26.1 Å². The third-order valence-corrected chi connectivity index (χ3v) is 12.6. The molecule has 0 aliphatic carbocycles. The van der Waals surface area contributed by atoms with E-state index >= 15 is 0 Å². The van der Waals surface area contributed by atoms with Gasteiger partial charge in [-0.15, -0.1) is 0 Å². The Hall–Kier alpha value is -3.96. The van der Waals surface area contributed by atoms with Crippen LogP contribution in [0.25, 0.3) is 16.7 Å². The first-order chi connectivity index (χ1) is 20.4. The van der Waals surface area contributed by atoms with E-state index in [9.17, 15) is 14.4 Å². The summed E-state index contributed by atoms with van der Waals surface area (Å²) in [5.74, 6) is -0.683. The number of ether oxygens (including phenoxy) is 1. The maximum Gasteiger partial charge on any atom is 0.268 e. The molecular weight excluding hydrogens is 591 g/mol. The summed E-state index contributed by atoms with van der Waals surface area (Å²) in [4.78, 5) is 28.1. The van der Waals surface area contributed by atoms with E-state index in [1.165, 1.54) is 29.3 Å². The van der Waals surface area contributed by atoms with Crippen molar-refractivity contribution in [1.29, 1.82) is 5.26 Å². The number of benzene rings is 1. The zero-order valence-electron chi connectivity index (χ0n) is 24.5. The number of nitrogens with one attached hydrogen (secondary N) is 1. The molecule has 0 bridgehead atoms. The molecule has 1 amide bonds. The molecule has 5 rings (SSSR count). The highest BCUT2D eigenvalue weighted by Crippen LogP contribution is 2.38. The van der Waals surface area contributed by atoms with Gasteiger partial charge in [-0.3, -0.25) is 9.69 Å². The van der Waals surface area contributed by atoms with Gasteiger partial charge in [0.2, 0.25) is 5.88 Å². The number of hydrogen-bond donors (Lipinski definition) is 1. The number of anilines is 1. The summed E-state index contributed by atoms with van der Waals surface area (Å²) in [5.41, 5.74) is 1.03. The molecule has 11 nitrogen and oxygen atoms in total. The Morgan fingerprint density at radius 3 is 2.65 bits per heavy atom. The predicted molar refractivity (Wildman–Crippen MR) is 162 cm³/mol. The molecule has 1 N–H and O–H groups in total. The zero-order valence-corrected chi connectivity index (χ0v) is 26.3. The van der Waals surface area contributed by atoms with Gasteiger partial charge in [0.25, 0.3) is 5.91 Å². The highest BCUT2D eigenvalue weighted by molar-refractivity contribution is 6.74. The molecule has 1 aromatic carbocycles. The minimum atomic E-state index is -1.94. The Labute approximate surface area is 254 Å². The van der Waals surface area contributed by atoms with Gasteiger partial charge < -0.3 is 14.5 Å². The monoisotopic (exact) mass is 622 g/mol. The second-order valence-electron chi connectivity index (χ2n) is 11.9. The summed E-state index contributed by atoms with van der Waals surface area (Å²) < 4.78 is 27.6. The topological polar surface area (TPSA) is 131 Å². The first-order valence-corrected chi connectivity index (χ1v) is 17.0.